The Kier molecular flexibility index (Phi) is 5.89. The predicted molar refractivity (Wildman–Crippen MR) is 125 cm³/mol. The number of rotatable bonds is 8. The topological polar surface area (TPSA) is 96.7 Å². The summed E-state index contributed by atoms with van der Waals surface area (Å²) in [6.07, 6.45) is 2.21. The zero-order valence-electron chi connectivity index (χ0n) is 18.0. The summed E-state index contributed by atoms with van der Waals surface area (Å²) in [6, 6.07) is 12.9. The average molecular weight is 478 g/mol. The maximum Gasteiger partial charge on any atom is 0.261 e. The van der Waals surface area contributed by atoms with Crippen LogP contribution in [0, 0.1) is 5.82 Å². The van der Waals surface area contributed by atoms with E-state index in [1.54, 1.807) is 40.9 Å². The molecule has 0 saturated heterocycles. The summed E-state index contributed by atoms with van der Waals surface area (Å²) in [5.41, 5.74) is 2.46. The molecule has 2 aromatic carbocycles. The van der Waals surface area contributed by atoms with E-state index in [1.807, 2.05) is 5.38 Å². The first-order chi connectivity index (χ1) is 16.5. The molecule has 0 atom stereocenters. The van der Waals surface area contributed by atoms with Gasteiger partial charge in [-0.05, 0) is 49.2 Å². The molecule has 34 heavy (non-hydrogen) atoms. The van der Waals surface area contributed by atoms with E-state index in [0.717, 1.165) is 11.3 Å². The summed E-state index contributed by atoms with van der Waals surface area (Å²) >= 11 is 1.38. The number of amides is 3. The number of anilines is 1. The van der Waals surface area contributed by atoms with Crippen LogP contribution >= 0.6 is 11.3 Å². The third-order valence-electron chi connectivity index (χ3n) is 5.64. The molecular formula is C24H20FN5O3S. The van der Waals surface area contributed by atoms with Gasteiger partial charge in [-0.25, -0.2) is 8.91 Å². The largest absolute Gasteiger partial charge is 0.293 e. The Morgan fingerprint density at radius 1 is 0.971 bits per heavy atom. The van der Waals surface area contributed by atoms with Crippen LogP contribution in [0.25, 0.3) is 16.2 Å². The van der Waals surface area contributed by atoms with Crippen LogP contribution < -0.4 is 5.32 Å². The fourth-order valence-electron chi connectivity index (χ4n) is 3.92. The molecule has 3 amide bonds. The molecule has 0 spiro atoms. The lowest BCUT2D eigenvalue weighted by molar-refractivity contribution is -0.116. The molecule has 172 valence electrons. The van der Waals surface area contributed by atoms with Gasteiger partial charge in [-0.3, -0.25) is 24.6 Å². The molecule has 8 nitrogen and oxygen atoms in total. The standard InChI is InChI=1S/C24H20FN5O3S/c25-16-11-9-15(10-12-16)19-14-34-24-27-23(28-30(19)24)26-20(31)8-2-1-5-13-29-21(32)17-6-3-4-7-18(17)22(29)33/h3-4,6-7,9-12,14H,1-2,5,8,13H2,(H,26,28,31). The summed E-state index contributed by atoms with van der Waals surface area (Å²) < 4.78 is 14.8. The molecule has 1 aliphatic heterocycles. The van der Waals surface area contributed by atoms with Crippen LogP contribution in [-0.4, -0.2) is 43.8 Å². The number of benzene rings is 2. The fraction of sp³-hybridized carbons (Fsp3) is 0.208. The predicted octanol–water partition coefficient (Wildman–Crippen LogP) is 4.39. The molecule has 10 heteroatoms. The smallest absolute Gasteiger partial charge is 0.261 e. The van der Waals surface area contributed by atoms with E-state index in [9.17, 15) is 18.8 Å². The molecule has 0 aliphatic carbocycles. The van der Waals surface area contributed by atoms with Gasteiger partial charge in [-0.1, -0.05) is 18.6 Å². The van der Waals surface area contributed by atoms with Gasteiger partial charge in [0.2, 0.25) is 16.8 Å². The van der Waals surface area contributed by atoms with Gasteiger partial charge in [-0.15, -0.1) is 16.4 Å². The minimum atomic E-state index is -0.314. The van der Waals surface area contributed by atoms with Crippen molar-refractivity contribution in [2.45, 2.75) is 25.7 Å². The quantitative estimate of drug-likeness (QED) is 0.300. The molecule has 2 aromatic heterocycles. The van der Waals surface area contributed by atoms with Gasteiger partial charge in [0.1, 0.15) is 5.82 Å². The summed E-state index contributed by atoms with van der Waals surface area (Å²) in [6.45, 7) is 0.332. The Morgan fingerprint density at radius 2 is 1.68 bits per heavy atom. The van der Waals surface area contributed by atoms with Crippen LogP contribution in [0.2, 0.25) is 0 Å². The molecule has 4 aromatic rings. The number of fused-ring (bicyclic) bond motifs is 2. The fourth-order valence-corrected chi connectivity index (χ4v) is 4.75. The van der Waals surface area contributed by atoms with Crippen molar-refractivity contribution < 1.29 is 18.8 Å². The summed E-state index contributed by atoms with van der Waals surface area (Å²) in [5, 5.41) is 8.94. The van der Waals surface area contributed by atoms with Gasteiger partial charge in [0, 0.05) is 23.9 Å². The normalized spacial score (nSPS) is 13.0. The van der Waals surface area contributed by atoms with E-state index in [-0.39, 0.29) is 35.9 Å². The number of imide groups is 1. The van der Waals surface area contributed by atoms with E-state index >= 15 is 0 Å². The highest BCUT2D eigenvalue weighted by Crippen LogP contribution is 2.26. The second kappa shape index (κ2) is 9.14. The van der Waals surface area contributed by atoms with Crippen molar-refractivity contribution in [3.63, 3.8) is 0 Å². The van der Waals surface area contributed by atoms with Crippen LogP contribution in [0.1, 0.15) is 46.4 Å². The van der Waals surface area contributed by atoms with Gasteiger partial charge >= 0.3 is 0 Å². The maximum absolute atomic E-state index is 13.2. The van der Waals surface area contributed by atoms with Gasteiger partial charge < -0.3 is 0 Å². The lowest BCUT2D eigenvalue weighted by atomic mass is 10.1. The summed E-state index contributed by atoms with van der Waals surface area (Å²) in [4.78, 5) is 43.3. The second-order valence-corrected chi connectivity index (χ2v) is 8.76. The van der Waals surface area contributed by atoms with Crippen molar-refractivity contribution in [1.82, 2.24) is 19.5 Å². The van der Waals surface area contributed by atoms with Gasteiger partial charge in [0.05, 0.1) is 16.8 Å². The Balaban J connectivity index is 1.10. The zero-order chi connectivity index (χ0) is 23.7. The number of nitrogens with one attached hydrogen (secondary N) is 1. The number of carbonyl (C=O) groups excluding carboxylic acids is 3. The molecule has 5 rings (SSSR count). The lowest BCUT2D eigenvalue weighted by Crippen LogP contribution is -2.30. The van der Waals surface area contributed by atoms with E-state index < -0.39 is 0 Å². The Morgan fingerprint density at radius 3 is 2.38 bits per heavy atom. The maximum atomic E-state index is 13.2. The number of carbonyl (C=O) groups is 3. The summed E-state index contributed by atoms with van der Waals surface area (Å²) in [5.74, 6) is -0.826. The Bertz CT molecular complexity index is 1360. The zero-order valence-corrected chi connectivity index (χ0v) is 18.8. The third-order valence-corrected chi connectivity index (χ3v) is 6.45. The highest BCUT2D eigenvalue weighted by atomic mass is 32.1. The molecule has 1 aliphatic rings. The summed E-state index contributed by atoms with van der Waals surface area (Å²) in [7, 11) is 0. The van der Waals surface area contributed by atoms with Crippen molar-refractivity contribution in [3.05, 3.63) is 70.9 Å². The lowest BCUT2D eigenvalue weighted by Gasteiger charge is -2.13. The van der Waals surface area contributed by atoms with Gasteiger partial charge in [0.25, 0.3) is 11.8 Å². The first-order valence-electron chi connectivity index (χ1n) is 10.9. The number of hydrogen-bond donors (Lipinski definition) is 1. The Labute approximate surface area is 198 Å². The van der Waals surface area contributed by atoms with Crippen LogP contribution in [0.3, 0.4) is 0 Å². The van der Waals surface area contributed by atoms with Crippen LogP contribution in [0.15, 0.2) is 53.9 Å². The third kappa shape index (κ3) is 4.19. The molecule has 3 heterocycles. The first kappa shape index (κ1) is 21.9. The second-order valence-electron chi connectivity index (χ2n) is 7.92. The van der Waals surface area contributed by atoms with Crippen LogP contribution in [0.5, 0.6) is 0 Å². The molecule has 0 unspecified atom stereocenters. The Hall–Kier alpha value is -3.92. The van der Waals surface area contributed by atoms with Crippen molar-refractivity contribution in [3.8, 4) is 11.3 Å². The number of halogens is 1. The van der Waals surface area contributed by atoms with E-state index in [2.05, 4.69) is 15.4 Å². The molecule has 0 bridgehead atoms. The highest BCUT2D eigenvalue weighted by molar-refractivity contribution is 7.15. The number of nitrogens with zero attached hydrogens (tertiary/aromatic N) is 4. The number of hydrogen-bond acceptors (Lipinski definition) is 6. The average Bonchev–Trinajstić information content (AvgIpc) is 3.47. The SMILES string of the molecule is O=C(CCCCCN1C(=O)c2ccccc2C1=O)Nc1nc2scc(-c3ccc(F)cc3)n2n1. The van der Waals surface area contributed by atoms with E-state index in [4.69, 9.17) is 0 Å². The van der Waals surface area contributed by atoms with Crippen molar-refractivity contribution in [2.24, 2.45) is 0 Å². The molecular weight excluding hydrogens is 457 g/mol. The van der Waals surface area contributed by atoms with Crippen molar-refractivity contribution in [1.29, 1.82) is 0 Å². The van der Waals surface area contributed by atoms with E-state index in [1.165, 1.54) is 28.4 Å². The molecule has 0 fully saturated rings. The molecule has 0 radical (unpaired) electrons. The van der Waals surface area contributed by atoms with Crippen LogP contribution in [-0.2, 0) is 4.79 Å². The minimum Gasteiger partial charge on any atom is -0.293 e. The van der Waals surface area contributed by atoms with Crippen LogP contribution in [0.4, 0.5) is 10.3 Å². The molecule has 1 N–H and O–H groups in total. The number of unbranched alkanes of at least 4 members (excludes halogenated alkanes) is 2. The van der Waals surface area contributed by atoms with Crippen molar-refractivity contribution >= 4 is 40.0 Å². The van der Waals surface area contributed by atoms with Gasteiger partial charge in [0.15, 0.2) is 0 Å². The number of aromatic nitrogens is 3. The minimum absolute atomic E-state index is 0.206. The van der Waals surface area contributed by atoms with Crippen molar-refractivity contribution in [2.75, 3.05) is 11.9 Å². The monoisotopic (exact) mass is 477 g/mol. The highest BCUT2D eigenvalue weighted by Gasteiger charge is 2.34. The molecule has 0 saturated carbocycles. The number of thiazole rings is 1. The van der Waals surface area contributed by atoms with E-state index in [0.29, 0.717) is 41.9 Å². The van der Waals surface area contributed by atoms with Gasteiger partial charge in [-0.2, -0.15) is 4.98 Å². The first-order valence-corrected chi connectivity index (χ1v) is 11.7.